The van der Waals surface area contributed by atoms with E-state index in [1.165, 1.54) is 0 Å². The number of hydrogen-bond acceptors (Lipinski definition) is 4. The summed E-state index contributed by atoms with van der Waals surface area (Å²) in [4.78, 5) is 11.7. The van der Waals surface area contributed by atoms with Crippen molar-refractivity contribution < 1.29 is 9.53 Å². The molecule has 0 spiro atoms. The summed E-state index contributed by atoms with van der Waals surface area (Å²) in [6, 6.07) is 14.6. The maximum Gasteiger partial charge on any atom is 0.259 e. The molecule has 0 fully saturated rings. The lowest BCUT2D eigenvalue weighted by molar-refractivity contribution is -0.119. The topological polar surface area (TPSA) is 62.7 Å². The Labute approximate surface area is 140 Å². The molecule has 0 bridgehead atoms. The highest BCUT2D eigenvalue weighted by atomic mass is 35.5. The molecule has 0 aliphatic carbocycles. The van der Waals surface area contributed by atoms with Gasteiger partial charge in [-0.3, -0.25) is 4.79 Å². The van der Waals surface area contributed by atoms with Gasteiger partial charge < -0.3 is 10.1 Å². The molecule has 0 aliphatic rings. The molecular weight excluding hydrogens is 314 g/mol. The predicted molar refractivity (Wildman–Crippen MR) is 93.3 cm³/mol. The van der Waals surface area contributed by atoms with Crippen LogP contribution in [0.1, 0.15) is 12.5 Å². The maximum atomic E-state index is 11.7. The van der Waals surface area contributed by atoms with Gasteiger partial charge in [0.15, 0.2) is 0 Å². The Morgan fingerprint density at radius 1 is 1.17 bits per heavy atom. The first-order valence-corrected chi connectivity index (χ1v) is 7.59. The summed E-state index contributed by atoms with van der Waals surface area (Å²) in [6.45, 7) is 2.69. The minimum atomic E-state index is -0.234. The van der Waals surface area contributed by atoms with Crippen LogP contribution in [-0.2, 0) is 4.79 Å². The minimum Gasteiger partial charge on any atom is -0.494 e. The van der Waals surface area contributed by atoms with Gasteiger partial charge in [0.2, 0.25) is 0 Å². The summed E-state index contributed by atoms with van der Waals surface area (Å²) in [5, 5.41) is 7.55. The van der Waals surface area contributed by atoms with Gasteiger partial charge in [0, 0.05) is 10.7 Å². The third kappa shape index (κ3) is 6.00. The van der Waals surface area contributed by atoms with E-state index in [0.717, 1.165) is 17.0 Å². The van der Waals surface area contributed by atoms with Crippen LogP contribution >= 0.6 is 11.6 Å². The number of ether oxygens (including phenoxy) is 1. The molecule has 0 unspecified atom stereocenters. The van der Waals surface area contributed by atoms with E-state index >= 15 is 0 Å². The Hall–Kier alpha value is -2.53. The Bertz CT molecular complexity index is 655. The molecule has 6 heteroatoms. The average Bonchev–Trinajstić information content (AvgIpc) is 2.56. The number of carbonyl (C=O) groups is 1. The van der Waals surface area contributed by atoms with E-state index in [1.807, 2.05) is 31.2 Å². The van der Waals surface area contributed by atoms with Gasteiger partial charge in [-0.2, -0.15) is 5.10 Å². The molecule has 1 amide bonds. The fraction of sp³-hybridized carbons (Fsp3) is 0.176. The summed E-state index contributed by atoms with van der Waals surface area (Å²) >= 11 is 5.79. The van der Waals surface area contributed by atoms with Crippen molar-refractivity contribution in [2.75, 3.05) is 18.5 Å². The molecular formula is C17H18ClN3O2. The van der Waals surface area contributed by atoms with Crippen molar-refractivity contribution in [2.45, 2.75) is 6.92 Å². The quantitative estimate of drug-likeness (QED) is 0.604. The average molecular weight is 332 g/mol. The second-order valence-corrected chi connectivity index (χ2v) is 5.09. The van der Waals surface area contributed by atoms with Crippen LogP contribution in [0.2, 0.25) is 5.02 Å². The van der Waals surface area contributed by atoms with E-state index in [1.54, 1.807) is 30.5 Å². The standard InChI is InChI=1S/C17H18ClN3O2/c1-2-23-16-9-3-13(4-10-16)11-20-21-17(22)12-19-15-7-5-14(18)6-8-15/h3-11,19H,2,12H2,1H3,(H,21,22)/b20-11+. The highest BCUT2D eigenvalue weighted by Gasteiger charge is 1.99. The Kier molecular flexibility index (Phi) is 6.44. The zero-order chi connectivity index (χ0) is 16.5. The maximum absolute atomic E-state index is 11.7. The van der Waals surface area contributed by atoms with Gasteiger partial charge in [-0.25, -0.2) is 5.43 Å². The molecule has 2 aromatic carbocycles. The lowest BCUT2D eigenvalue weighted by atomic mass is 10.2. The van der Waals surface area contributed by atoms with Crippen molar-refractivity contribution in [3.8, 4) is 5.75 Å². The molecule has 0 atom stereocenters. The summed E-state index contributed by atoms with van der Waals surface area (Å²) in [5.41, 5.74) is 4.16. The Morgan fingerprint density at radius 2 is 1.87 bits per heavy atom. The number of nitrogens with one attached hydrogen (secondary N) is 2. The van der Waals surface area contributed by atoms with Crippen molar-refractivity contribution in [3.05, 3.63) is 59.1 Å². The van der Waals surface area contributed by atoms with Crippen molar-refractivity contribution in [1.29, 1.82) is 0 Å². The summed E-state index contributed by atoms with van der Waals surface area (Å²) in [7, 11) is 0. The number of benzene rings is 2. The molecule has 0 aliphatic heterocycles. The van der Waals surface area contributed by atoms with Crippen LogP contribution in [0.4, 0.5) is 5.69 Å². The zero-order valence-corrected chi connectivity index (χ0v) is 13.5. The largest absolute Gasteiger partial charge is 0.494 e. The van der Waals surface area contributed by atoms with Crippen LogP contribution in [-0.4, -0.2) is 25.3 Å². The first-order chi connectivity index (χ1) is 11.2. The monoisotopic (exact) mass is 331 g/mol. The molecule has 2 aromatic rings. The molecule has 0 heterocycles. The number of hydrazone groups is 1. The minimum absolute atomic E-state index is 0.127. The number of anilines is 1. The SMILES string of the molecule is CCOc1ccc(/C=N/NC(=O)CNc2ccc(Cl)cc2)cc1. The highest BCUT2D eigenvalue weighted by Crippen LogP contribution is 2.13. The molecule has 0 radical (unpaired) electrons. The van der Waals surface area contributed by atoms with E-state index in [9.17, 15) is 4.79 Å². The molecule has 5 nitrogen and oxygen atoms in total. The molecule has 0 saturated heterocycles. The number of halogens is 1. The molecule has 120 valence electrons. The van der Waals surface area contributed by atoms with Gasteiger partial charge in [-0.1, -0.05) is 11.6 Å². The van der Waals surface area contributed by atoms with Crippen LogP contribution < -0.4 is 15.5 Å². The second-order valence-electron chi connectivity index (χ2n) is 4.66. The third-order valence-corrected chi connectivity index (χ3v) is 3.14. The molecule has 0 saturated carbocycles. The Morgan fingerprint density at radius 3 is 2.52 bits per heavy atom. The zero-order valence-electron chi connectivity index (χ0n) is 12.8. The van der Waals surface area contributed by atoms with E-state index in [0.29, 0.717) is 11.6 Å². The van der Waals surface area contributed by atoms with E-state index in [-0.39, 0.29) is 12.5 Å². The number of carbonyl (C=O) groups excluding carboxylic acids is 1. The van der Waals surface area contributed by atoms with Crippen LogP contribution in [0.15, 0.2) is 53.6 Å². The summed E-state index contributed by atoms with van der Waals surface area (Å²) in [6.07, 6.45) is 1.58. The van der Waals surface area contributed by atoms with Crippen LogP contribution in [0, 0.1) is 0 Å². The van der Waals surface area contributed by atoms with Crippen molar-refractivity contribution >= 4 is 29.4 Å². The van der Waals surface area contributed by atoms with Gasteiger partial charge in [0.25, 0.3) is 5.91 Å². The molecule has 0 aromatic heterocycles. The second kappa shape index (κ2) is 8.80. The van der Waals surface area contributed by atoms with E-state index in [2.05, 4.69) is 15.8 Å². The number of rotatable bonds is 7. The van der Waals surface area contributed by atoms with Gasteiger partial charge >= 0.3 is 0 Å². The number of hydrogen-bond donors (Lipinski definition) is 2. The Balaban J connectivity index is 1.75. The third-order valence-electron chi connectivity index (χ3n) is 2.89. The number of nitrogens with zero attached hydrogens (tertiary/aromatic N) is 1. The lowest BCUT2D eigenvalue weighted by Gasteiger charge is -2.05. The van der Waals surface area contributed by atoms with Gasteiger partial charge in [0.1, 0.15) is 5.75 Å². The summed E-state index contributed by atoms with van der Waals surface area (Å²) in [5.74, 6) is 0.572. The van der Waals surface area contributed by atoms with Crippen molar-refractivity contribution in [3.63, 3.8) is 0 Å². The smallest absolute Gasteiger partial charge is 0.259 e. The molecule has 2 N–H and O–H groups in total. The highest BCUT2D eigenvalue weighted by molar-refractivity contribution is 6.30. The van der Waals surface area contributed by atoms with E-state index in [4.69, 9.17) is 16.3 Å². The van der Waals surface area contributed by atoms with Gasteiger partial charge in [-0.15, -0.1) is 0 Å². The van der Waals surface area contributed by atoms with Crippen molar-refractivity contribution in [1.82, 2.24) is 5.43 Å². The first-order valence-electron chi connectivity index (χ1n) is 7.21. The first kappa shape index (κ1) is 16.8. The fourth-order valence-corrected chi connectivity index (χ4v) is 1.91. The summed E-state index contributed by atoms with van der Waals surface area (Å²) < 4.78 is 5.35. The molecule has 23 heavy (non-hydrogen) atoms. The van der Waals surface area contributed by atoms with Gasteiger partial charge in [-0.05, 0) is 61.0 Å². The normalized spacial score (nSPS) is 10.5. The van der Waals surface area contributed by atoms with Crippen LogP contribution in [0.5, 0.6) is 5.75 Å². The number of amides is 1. The van der Waals surface area contributed by atoms with Crippen molar-refractivity contribution in [2.24, 2.45) is 5.10 Å². The van der Waals surface area contributed by atoms with Crippen LogP contribution in [0.25, 0.3) is 0 Å². The fourth-order valence-electron chi connectivity index (χ4n) is 1.79. The lowest BCUT2D eigenvalue weighted by Crippen LogP contribution is -2.25. The van der Waals surface area contributed by atoms with E-state index < -0.39 is 0 Å². The van der Waals surface area contributed by atoms with Crippen LogP contribution in [0.3, 0.4) is 0 Å². The predicted octanol–water partition coefficient (Wildman–Crippen LogP) is 3.30. The molecule has 2 rings (SSSR count). The van der Waals surface area contributed by atoms with Gasteiger partial charge in [0.05, 0.1) is 19.4 Å².